The van der Waals surface area contributed by atoms with Gasteiger partial charge < -0.3 is 9.84 Å². The molecule has 0 aromatic heterocycles. The van der Waals surface area contributed by atoms with Crippen molar-refractivity contribution < 1.29 is 14.6 Å². The lowest BCUT2D eigenvalue weighted by atomic mass is 10.4. The van der Waals surface area contributed by atoms with E-state index in [0.29, 0.717) is 0 Å². The first kappa shape index (κ1) is 8.33. The van der Waals surface area contributed by atoms with Crippen molar-refractivity contribution in [1.82, 2.24) is 0 Å². The third kappa shape index (κ3) is 2.46. The molecule has 1 aromatic carbocycles. The number of carboxylic acids is 1. The maximum Gasteiger partial charge on any atom is 0.327 e. The van der Waals surface area contributed by atoms with Crippen molar-refractivity contribution in [2.45, 2.75) is 0 Å². The van der Waals surface area contributed by atoms with Gasteiger partial charge in [-0.25, -0.2) is 4.79 Å². The Hall–Kier alpha value is -1.77. The number of hydrogen-bond acceptors (Lipinski definition) is 2. The van der Waals surface area contributed by atoms with Gasteiger partial charge in [0.15, 0.2) is 11.5 Å². The second kappa shape index (κ2) is 3.57. The summed E-state index contributed by atoms with van der Waals surface area (Å²) in [7, 11) is 0. The Bertz CT molecular complexity index is 283. The van der Waals surface area contributed by atoms with Gasteiger partial charge in [-0.05, 0) is 12.1 Å². The first-order chi connectivity index (χ1) is 5.74. The number of aliphatic carboxylic acids is 1. The zero-order valence-corrected chi connectivity index (χ0v) is 6.36. The molecular formula is C9H8O3. The monoisotopic (exact) mass is 164 g/mol. The molecule has 0 amide bonds. The van der Waals surface area contributed by atoms with Crippen LogP contribution in [-0.4, -0.2) is 11.1 Å². The minimum absolute atomic E-state index is 0.833. The molecule has 0 unspecified atom stereocenters. The van der Waals surface area contributed by atoms with Crippen LogP contribution < -0.4 is 4.74 Å². The number of carboxylic acid groups (broad SMARTS) is 1. The molecule has 0 saturated carbocycles. The van der Waals surface area contributed by atoms with Crippen LogP contribution in [0, 0.1) is 0 Å². The number of hydrogen-bond donors (Lipinski definition) is 1. The van der Waals surface area contributed by atoms with Crippen LogP contribution in [0.15, 0.2) is 36.9 Å². The summed E-state index contributed by atoms with van der Waals surface area (Å²) < 4.78 is 4.94. The molecule has 12 heavy (non-hydrogen) atoms. The molecule has 3 heteroatoms. The normalized spacial score (nSPS) is 9.67. The second-order valence-corrected chi connectivity index (χ2v) is 2.09. The molecule has 0 fully saturated rings. The maximum absolute atomic E-state index is 9.25. The molecule has 0 atom stereocenters. The zero-order valence-electron chi connectivity index (χ0n) is 6.36. The minimum atomic E-state index is -0.981. The highest BCUT2D eigenvalue weighted by molar-refractivity contribution is 5.78. The van der Waals surface area contributed by atoms with Crippen LogP contribution in [0.25, 0.3) is 0 Å². The molecule has 1 aliphatic rings. The number of ether oxygens (including phenoxy) is 1. The van der Waals surface area contributed by atoms with Gasteiger partial charge in [0.25, 0.3) is 0 Å². The molecule has 0 saturated heterocycles. The number of benzene rings is 1. The summed E-state index contributed by atoms with van der Waals surface area (Å²) in [5, 5.41) is 7.60. The highest BCUT2D eigenvalue weighted by atomic mass is 16.6. The first-order valence-corrected chi connectivity index (χ1v) is 3.36. The fourth-order valence-corrected chi connectivity index (χ4v) is 0.611. The Morgan fingerprint density at radius 2 is 1.83 bits per heavy atom. The summed E-state index contributed by atoms with van der Waals surface area (Å²) >= 11 is 0. The minimum Gasteiger partial charge on any atom is -0.478 e. The predicted molar refractivity (Wildman–Crippen MR) is 44.3 cm³/mol. The first-order valence-electron chi connectivity index (χ1n) is 3.36. The Morgan fingerprint density at radius 1 is 1.42 bits per heavy atom. The SMILES string of the molecule is C=CC(=O)O.c1ccc2c(c1)O2. The van der Waals surface area contributed by atoms with Crippen LogP contribution in [-0.2, 0) is 4.79 Å². The number of carbonyl (C=O) groups is 1. The van der Waals surface area contributed by atoms with Crippen LogP contribution in [0.5, 0.6) is 11.5 Å². The topological polar surface area (TPSA) is 49.8 Å². The van der Waals surface area contributed by atoms with E-state index in [-0.39, 0.29) is 0 Å². The lowest BCUT2D eigenvalue weighted by molar-refractivity contribution is -0.131. The molecule has 0 radical (unpaired) electrons. The summed E-state index contributed by atoms with van der Waals surface area (Å²) in [6.45, 7) is 2.96. The van der Waals surface area contributed by atoms with Gasteiger partial charge in [0, 0.05) is 6.08 Å². The zero-order chi connectivity index (χ0) is 8.97. The van der Waals surface area contributed by atoms with Gasteiger partial charge in [0.05, 0.1) is 0 Å². The van der Waals surface area contributed by atoms with E-state index < -0.39 is 5.97 Å². The molecule has 0 spiro atoms. The lowest BCUT2D eigenvalue weighted by Gasteiger charge is -1.64. The highest BCUT2D eigenvalue weighted by Gasteiger charge is 2.15. The second-order valence-electron chi connectivity index (χ2n) is 2.09. The molecule has 62 valence electrons. The van der Waals surface area contributed by atoms with Crippen LogP contribution in [0.2, 0.25) is 0 Å². The fourth-order valence-electron chi connectivity index (χ4n) is 0.611. The third-order valence-corrected chi connectivity index (χ3v) is 1.20. The van der Waals surface area contributed by atoms with Crippen LogP contribution in [0.4, 0.5) is 0 Å². The smallest absolute Gasteiger partial charge is 0.327 e. The molecule has 1 heterocycles. The molecule has 2 rings (SSSR count). The van der Waals surface area contributed by atoms with Crippen LogP contribution in [0.1, 0.15) is 0 Å². The van der Waals surface area contributed by atoms with E-state index in [0.717, 1.165) is 17.6 Å². The summed E-state index contributed by atoms with van der Waals surface area (Å²) in [6.07, 6.45) is 0.833. The summed E-state index contributed by atoms with van der Waals surface area (Å²) in [5.74, 6) is 1.08. The van der Waals surface area contributed by atoms with Crippen molar-refractivity contribution in [3.8, 4) is 11.5 Å². The summed E-state index contributed by atoms with van der Waals surface area (Å²) in [6, 6.07) is 7.84. The molecular weight excluding hydrogens is 156 g/mol. The van der Waals surface area contributed by atoms with E-state index in [1.165, 1.54) is 0 Å². The van der Waals surface area contributed by atoms with Crippen molar-refractivity contribution in [2.75, 3.05) is 0 Å². The molecule has 3 nitrogen and oxygen atoms in total. The van der Waals surface area contributed by atoms with Gasteiger partial charge in [0.2, 0.25) is 0 Å². The Balaban J connectivity index is 0.000000130. The van der Waals surface area contributed by atoms with Gasteiger partial charge in [-0.1, -0.05) is 18.7 Å². The fraction of sp³-hybridized carbons (Fsp3) is 0. The molecule has 1 aromatic rings. The van der Waals surface area contributed by atoms with Gasteiger partial charge in [-0.3, -0.25) is 0 Å². The quantitative estimate of drug-likeness (QED) is 0.518. The Kier molecular flexibility index (Phi) is 2.48. The number of rotatable bonds is 1. The number of fused-ring (bicyclic) bond motifs is 1. The maximum atomic E-state index is 9.25. The highest BCUT2D eigenvalue weighted by Crippen LogP contribution is 2.43. The molecule has 1 N–H and O–H groups in total. The van der Waals surface area contributed by atoms with Crippen molar-refractivity contribution in [3.63, 3.8) is 0 Å². The van der Waals surface area contributed by atoms with E-state index in [1.807, 2.05) is 24.3 Å². The lowest BCUT2D eigenvalue weighted by Crippen LogP contribution is -1.82. The Labute approximate surface area is 69.9 Å². The van der Waals surface area contributed by atoms with Crippen molar-refractivity contribution in [1.29, 1.82) is 0 Å². The van der Waals surface area contributed by atoms with Crippen molar-refractivity contribution in [3.05, 3.63) is 36.9 Å². The summed E-state index contributed by atoms with van der Waals surface area (Å²) in [5.41, 5.74) is 0. The van der Waals surface area contributed by atoms with Crippen LogP contribution >= 0.6 is 0 Å². The molecule has 0 bridgehead atoms. The standard InChI is InChI=1S/C6H4O.C3H4O2/c1-2-4-6-5(3-1)7-6;1-2-3(4)5/h1-4H;2H,1H2,(H,4,5). The average molecular weight is 164 g/mol. The van der Waals surface area contributed by atoms with E-state index in [9.17, 15) is 4.79 Å². The third-order valence-electron chi connectivity index (χ3n) is 1.20. The Morgan fingerprint density at radius 3 is 2.08 bits per heavy atom. The van der Waals surface area contributed by atoms with E-state index in [2.05, 4.69) is 6.58 Å². The van der Waals surface area contributed by atoms with Gasteiger partial charge in [-0.2, -0.15) is 0 Å². The van der Waals surface area contributed by atoms with Crippen molar-refractivity contribution >= 4 is 5.97 Å². The van der Waals surface area contributed by atoms with Gasteiger partial charge in [0.1, 0.15) is 0 Å². The van der Waals surface area contributed by atoms with Crippen LogP contribution in [0.3, 0.4) is 0 Å². The van der Waals surface area contributed by atoms with E-state index in [4.69, 9.17) is 9.84 Å². The largest absolute Gasteiger partial charge is 0.478 e. The van der Waals surface area contributed by atoms with E-state index >= 15 is 0 Å². The van der Waals surface area contributed by atoms with E-state index in [1.54, 1.807) is 0 Å². The molecule has 0 aliphatic carbocycles. The molecule has 1 aliphatic heterocycles. The van der Waals surface area contributed by atoms with Crippen molar-refractivity contribution in [2.24, 2.45) is 0 Å². The van der Waals surface area contributed by atoms with Gasteiger partial charge >= 0.3 is 5.97 Å². The summed E-state index contributed by atoms with van der Waals surface area (Å²) in [4.78, 5) is 9.25. The average Bonchev–Trinajstić information content (AvgIpc) is 2.83. The van der Waals surface area contributed by atoms with Gasteiger partial charge in [-0.15, -0.1) is 0 Å². The predicted octanol–water partition coefficient (Wildman–Crippen LogP) is 2.05. The number of para-hydroxylation sites is 2.